The number of rotatable bonds is 4. The second-order valence-electron chi connectivity index (χ2n) is 6.25. The van der Waals surface area contributed by atoms with Crippen LogP contribution in [0.25, 0.3) is 11.1 Å². The van der Waals surface area contributed by atoms with Crippen molar-refractivity contribution in [2.75, 3.05) is 49.9 Å². The first kappa shape index (κ1) is 19.0. The topological polar surface area (TPSA) is 93.4 Å². The van der Waals surface area contributed by atoms with E-state index >= 15 is 0 Å². The fourth-order valence-corrected chi connectivity index (χ4v) is 3.59. The van der Waals surface area contributed by atoms with E-state index in [1.807, 2.05) is 0 Å². The number of hydrogen-bond acceptors (Lipinski definition) is 6. The van der Waals surface area contributed by atoms with Crippen LogP contribution in [0, 0.1) is 0 Å². The number of nitrogen functional groups attached to an aromatic ring is 1. The highest BCUT2D eigenvalue weighted by Crippen LogP contribution is 2.34. The maximum Gasteiger partial charge on any atom is 0.264 e. The van der Waals surface area contributed by atoms with E-state index in [9.17, 15) is 4.79 Å². The fraction of sp³-hybridized carbons (Fsp3) is 0.412. The SMILES string of the molecule is Cn1c(N2CCN(CCN)CC2)nc(N)c(-c2cccc(Cl)c2Cl)c1=O. The average molecular weight is 397 g/mol. The molecule has 140 valence electrons. The third kappa shape index (κ3) is 3.53. The molecule has 1 fully saturated rings. The smallest absolute Gasteiger partial charge is 0.264 e. The molecule has 0 spiro atoms. The highest BCUT2D eigenvalue weighted by molar-refractivity contribution is 6.43. The Morgan fingerprint density at radius 1 is 1.19 bits per heavy atom. The van der Waals surface area contributed by atoms with Gasteiger partial charge in [-0.3, -0.25) is 14.3 Å². The molecule has 7 nitrogen and oxygen atoms in total. The standard InChI is InChI=1S/C17H22Cl2N6O/c1-23-16(26)13(11-3-2-4-12(18)14(11)19)15(21)22-17(23)25-9-7-24(6-5-20)8-10-25/h2-4H,5-10,20-21H2,1H3. The Morgan fingerprint density at radius 3 is 2.54 bits per heavy atom. The zero-order valence-corrected chi connectivity index (χ0v) is 16.1. The summed E-state index contributed by atoms with van der Waals surface area (Å²) in [5.41, 5.74) is 12.3. The quantitative estimate of drug-likeness (QED) is 0.811. The zero-order valence-electron chi connectivity index (χ0n) is 14.6. The lowest BCUT2D eigenvalue weighted by Crippen LogP contribution is -2.49. The summed E-state index contributed by atoms with van der Waals surface area (Å²) >= 11 is 12.3. The Morgan fingerprint density at radius 2 is 1.88 bits per heavy atom. The van der Waals surface area contributed by atoms with Gasteiger partial charge in [-0.05, 0) is 6.07 Å². The molecule has 26 heavy (non-hydrogen) atoms. The first-order valence-corrected chi connectivity index (χ1v) is 9.18. The van der Waals surface area contributed by atoms with E-state index in [-0.39, 0.29) is 16.9 Å². The normalized spacial score (nSPS) is 15.5. The molecule has 2 heterocycles. The molecule has 0 aliphatic carbocycles. The number of halogens is 2. The summed E-state index contributed by atoms with van der Waals surface area (Å²) in [6.45, 7) is 4.77. The van der Waals surface area contributed by atoms with E-state index in [2.05, 4.69) is 14.8 Å². The molecule has 0 atom stereocenters. The molecule has 1 saturated heterocycles. The first-order chi connectivity index (χ1) is 12.4. The number of hydrogen-bond donors (Lipinski definition) is 2. The maximum atomic E-state index is 13.0. The van der Waals surface area contributed by atoms with Gasteiger partial charge in [-0.2, -0.15) is 4.98 Å². The summed E-state index contributed by atoms with van der Waals surface area (Å²) in [6.07, 6.45) is 0. The van der Waals surface area contributed by atoms with Crippen molar-refractivity contribution in [1.82, 2.24) is 14.5 Å². The molecule has 0 radical (unpaired) electrons. The third-order valence-electron chi connectivity index (χ3n) is 4.62. The van der Waals surface area contributed by atoms with Crippen LogP contribution in [0.1, 0.15) is 0 Å². The summed E-state index contributed by atoms with van der Waals surface area (Å²) in [4.78, 5) is 21.8. The van der Waals surface area contributed by atoms with E-state index in [0.29, 0.717) is 28.1 Å². The Kier molecular flexibility index (Phi) is 5.72. The molecule has 1 aliphatic rings. The molecule has 3 rings (SSSR count). The van der Waals surface area contributed by atoms with Gasteiger partial charge in [-0.1, -0.05) is 35.3 Å². The molecule has 0 saturated carbocycles. The van der Waals surface area contributed by atoms with E-state index in [4.69, 9.17) is 34.7 Å². The number of aromatic nitrogens is 2. The van der Waals surface area contributed by atoms with Crippen molar-refractivity contribution in [1.29, 1.82) is 0 Å². The molecule has 9 heteroatoms. The van der Waals surface area contributed by atoms with Gasteiger partial charge in [0.25, 0.3) is 5.56 Å². The number of nitrogens with zero attached hydrogens (tertiary/aromatic N) is 4. The Balaban J connectivity index is 1.97. The van der Waals surface area contributed by atoms with E-state index in [1.165, 1.54) is 4.57 Å². The van der Waals surface area contributed by atoms with Crippen LogP contribution in [0.2, 0.25) is 10.0 Å². The van der Waals surface area contributed by atoms with Crippen molar-refractivity contribution in [3.8, 4) is 11.1 Å². The number of benzene rings is 1. The van der Waals surface area contributed by atoms with E-state index in [0.717, 1.165) is 32.7 Å². The van der Waals surface area contributed by atoms with Crippen LogP contribution >= 0.6 is 23.2 Å². The Labute approximate surface area is 162 Å². The minimum Gasteiger partial charge on any atom is -0.383 e. The van der Waals surface area contributed by atoms with Crippen LogP contribution in [-0.4, -0.2) is 53.7 Å². The third-order valence-corrected chi connectivity index (χ3v) is 5.44. The summed E-state index contributed by atoms with van der Waals surface area (Å²) in [7, 11) is 1.69. The van der Waals surface area contributed by atoms with Gasteiger partial charge < -0.3 is 16.4 Å². The maximum absolute atomic E-state index is 13.0. The van der Waals surface area contributed by atoms with Crippen LogP contribution in [-0.2, 0) is 7.05 Å². The molecule has 0 unspecified atom stereocenters. The first-order valence-electron chi connectivity index (χ1n) is 8.42. The Hall–Kier alpha value is -1.80. The van der Waals surface area contributed by atoms with Crippen molar-refractivity contribution in [3.63, 3.8) is 0 Å². The van der Waals surface area contributed by atoms with Crippen LogP contribution in [0.15, 0.2) is 23.0 Å². The molecular weight excluding hydrogens is 375 g/mol. The van der Waals surface area contributed by atoms with Crippen molar-refractivity contribution in [2.45, 2.75) is 0 Å². The van der Waals surface area contributed by atoms with Crippen LogP contribution < -0.4 is 21.9 Å². The Bertz CT molecular complexity index is 861. The van der Waals surface area contributed by atoms with Crippen LogP contribution in [0.5, 0.6) is 0 Å². The van der Waals surface area contributed by atoms with Gasteiger partial charge in [0.2, 0.25) is 5.95 Å². The van der Waals surface area contributed by atoms with Crippen LogP contribution in [0.4, 0.5) is 11.8 Å². The summed E-state index contributed by atoms with van der Waals surface area (Å²) < 4.78 is 1.52. The lowest BCUT2D eigenvalue weighted by molar-refractivity contribution is 0.263. The second kappa shape index (κ2) is 7.84. The molecular formula is C17H22Cl2N6O. The lowest BCUT2D eigenvalue weighted by Gasteiger charge is -2.35. The highest BCUT2D eigenvalue weighted by atomic mass is 35.5. The number of nitrogens with two attached hydrogens (primary N) is 2. The van der Waals surface area contributed by atoms with Gasteiger partial charge in [0, 0.05) is 51.9 Å². The second-order valence-corrected chi connectivity index (χ2v) is 7.04. The molecule has 1 aromatic carbocycles. The van der Waals surface area contributed by atoms with Gasteiger partial charge in [-0.15, -0.1) is 0 Å². The molecule has 0 bridgehead atoms. The van der Waals surface area contributed by atoms with Crippen molar-refractivity contribution < 1.29 is 0 Å². The minimum absolute atomic E-state index is 0.150. The van der Waals surface area contributed by atoms with Crippen molar-refractivity contribution >= 4 is 35.0 Å². The fourth-order valence-electron chi connectivity index (χ4n) is 3.19. The van der Waals surface area contributed by atoms with Crippen LogP contribution in [0.3, 0.4) is 0 Å². The van der Waals surface area contributed by atoms with Gasteiger partial charge in [0.1, 0.15) is 5.82 Å². The van der Waals surface area contributed by atoms with Gasteiger partial charge >= 0.3 is 0 Å². The van der Waals surface area contributed by atoms with E-state index in [1.54, 1.807) is 25.2 Å². The van der Waals surface area contributed by atoms with Gasteiger partial charge in [-0.25, -0.2) is 0 Å². The molecule has 1 aromatic heterocycles. The summed E-state index contributed by atoms with van der Waals surface area (Å²) in [6, 6.07) is 5.11. The van der Waals surface area contributed by atoms with Crippen molar-refractivity contribution in [3.05, 3.63) is 38.6 Å². The molecule has 1 aliphatic heterocycles. The summed E-state index contributed by atoms with van der Waals surface area (Å²) in [5, 5.41) is 0.661. The number of anilines is 2. The highest BCUT2D eigenvalue weighted by Gasteiger charge is 2.23. The van der Waals surface area contributed by atoms with E-state index < -0.39 is 0 Å². The number of piperazine rings is 1. The van der Waals surface area contributed by atoms with Gasteiger partial charge in [0.05, 0.1) is 15.6 Å². The largest absolute Gasteiger partial charge is 0.383 e. The monoisotopic (exact) mass is 396 g/mol. The average Bonchev–Trinajstić information content (AvgIpc) is 2.63. The summed E-state index contributed by atoms with van der Waals surface area (Å²) in [5.74, 6) is 0.707. The van der Waals surface area contributed by atoms with Gasteiger partial charge in [0.15, 0.2) is 0 Å². The predicted molar refractivity (Wildman–Crippen MR) is 107 cm³/mol. The minimum atomic E-state index is -0.249. The molecule has 0 amide bonds. The molecule has 2 aromatic rings. The predicted octanol–water partition coefficient (Wildman–Crippen LogP) is 1.42. The lowest BCUT2D eigenvalue weighted by atomic mass is 10.1. The van der Waals surface area contributed by atoms with Crippen molar-refractivity contribution in [2.24, 2.45) is 12.8 Å². The zero-order chi connectivity index (χ0) is 18.8. The molecule has 4 N–H and O–H groups in total.